The highest BCUT2D eigenvalue weighted by Gasteiger charge is 1.86. The zero-order valence-electron chi connectivity index (χ0n) is 45.7. The minimum absolute atomic E-state index is 1.14. The van der Waals surface area contributed by atoms with Gasteiger partial charge in [0.05, 0.1) is 0 Å². The molecule has 0 saturated carbocycles. The van der Waals surface area contributed by atoms with E-state index in [0.717, 1.165) is 6.42 Å². The Morgan fingerprint density at radius 3 is 0.390 bits per heavy atom. The van der Waals surface area contributed by atoms with E-state index in [1.807, 2.05) is 230 Å². The lowest BCUT2D eigenvalue weighted by molar-refractivity contribution is 1.45. The van der Waals surface area contributed by atoms with E-state index in [-0.39, 0.29) is 0 Å². The van der Waals surface area contributed by atoms with Crippen LogP contribution in [-0.4, -0.2) is 0 Å². The van der Waals surface area contributed by atoms with Gasteiger partial charge in [-0.25, -0.2) is 0 Å². The Kier molecular flexibility index (Phi) is 182. The van der Waals surface area contributed by atoms with Crippen LogP contribution in [-0.2, 0) is 0 Å². The fourth-order valence-corrected chi connectivity index (χ4v) is 3.04. The van der Waals surface area contributed by atoms with Gasteiger partial charge in [-0.3, -0.25) is 0 Å². The summed E-state index contributed by atoms with van der Waals surface area (Å²) in [5, 5.41) is 5.24. The van der Waals surface area contributed by atoms with Crippen LogP contribution in [0.5, 0.6) is 0 Å². The molecule has 1 aliphatic carbocycles. The quantitative estimate of drug-likeness (QED) is 0.146. The Balaban J connectivity index is -0.0000000423. The van der Waals surface area contributed by atoms with E-state index in [1.54, 1.807) is 0 Å². The van der Waals surface area contributed by atoms with Gasteiger partial charge < -0.3 is 0 Å². The zero-order valence-corrected chi connectivity index (χ0v) is 45.7. The molecule has 5 aromatic carbocycles. The lowest BCUT2D eigenvalue weighted by Gasteiger charge is -1.92. The molecule has 0 saturated heterocycles. The first kappa shape index (κ1) is 86.8. The molecule has 0 radical (unpaired) electrons. The molecule has 59 heavy (non-hydrogen) atoms. The number of benzene rings is 5. The van der Waals surface area contributed by atoms with Gasteiger partial charge in [0, 0.05) is 0 Å². The number of hydrogen-bond donors (Lipinski definition) is 0. The Hall–Kier alpha value is -3.90. The largest absolute Gasteiger partial charge is 0.0808 e. The van der Waals surface area contributed by atoms with Crippen molar-refractivity contribution in [2.45, 2.75) is 200 Å². The van der Waals surface area contributed by atoms with Crippen LogP contribution >= 0.6 is 0 Å². The van der Waals surface area contributed by atoms with Crippen LogP contribution in [0.1, 0.15) is 200 Å². The van der Waals surface area contributed by atoms with Gasteiger partial charge in [-0.15, -0.1) is 0 Å². The van der Waals surface area contributed by atoms with Crippen molar-refractivity contribution in [3.8, 4) is 0 Å². The van der Waals surface area contributed by atoms with Crippen molar-refractivity contribution in [3.63, 3.8) is 0 Å². The molecule has 0 unspecified atom stereocenters. The second-order valence-corrected chi connectivity index (χ2v) is 6.94. The molecule has 0 aromatic heterocycles. The topological polar surface area (TPSA) is 0 Å². The lowest BCUT2D eigenvalue weighted by atomic mass is 10.1. The van der Waals surface area contributed by atoms with Gasteiger partial charge >= 0.3 is 0 Å². The summed E-state index contributed by atoms with van der Waals surface area (Å²) in [6.07, 6.45) is 9.50. The summed E-state index contributed by atoms with van der Waals surface area (Å²) in [6, 6.07) is 45.4. The van der Waals surface area contributed by atoms with Crippen LogP contribution in [0, 0.1) is 0 Å². The Bertz CT molecular complexity index is 961. The van der Waals surface area contributed by atoms with E-state index in [4.69, 9.17) is 0 Å². The van der Waals surface area contributed by atoms with Crippen LogP contribution in [0.25, 0.3) is 21.5 Å². The summed E-state index contributed by atoms with van der Waals surface area (Å²) in [5.74, 6) is 0. The minimum atomic E-state index is 1.14. The molecular formula is C59H112. The summed E-state index contributed by atoms with van der Waals surface area (Å²) < 4.78 is 0. The fourth-order valence-electron chi connectivity index (χ4n) is 3.04. The van der Waals surface area contributed by atoms with Crippen molar-refractivity contribution in [3.05, 3.63) is 158 Å². The Morgan fingerprint density at radius 2 is 0.305 bits per heavy atom. The Labute approximate surface area is 378 Å². The maximum Gasteiger partial charge on any atom is -0.0163 e. The molecule has 0 bridgehead atoms. The van der Waals surface area contributed by atoms with Crippen molar-refractivity contribution < 1.29 is 0 Å². The fraction of sp³-hybridized carbons (Fsp3) is 0.492. The first-order valence-corrected chi connectivity index (χ1v) is 24.6. The highest BCUT2D eigenvalue weighted by molar-refractivity contribution is 5.82. The van der Waals surface area contributed by atoms with E-state index in [1.165, 1.54) is 21.5 Å². The molecule has 0 amide bonds. The Morgan fingerprint density at radius 1 is 0.186 bits per heavy atom. The third-order valence-electron chi connectivity index (χ3n) is 4.64. The van der Waals surface area contributed by atoms with Crippen LogP contribution in [0.4, 0.5) is 0 Å². The number of hydrogen-bond acceptors (Lipinski definition) is 0. The van der Waals surface area contributed by atoms with E-state index >= 15 is 0 Å². The van der Waals surface area contributed by atoms with Gasteiger partial charge in [-0.2, -0.15) is 0 Å². The molecule has 5 aromatic rings. The van der Waals surface area contributed by atoms with Gasteiger partial charge in [-0.05, 0) is 28.0 Å². The van der Waals surface area contributed by atoms with Crippen molar-refractivity contribution in [2.75, 3.05) is 0 Å². The SMILES string of the molecule is C1=CCC=C1.CC.CC.CC.CC.CC.CC.CC.CC.CC.CC.CC.CC.CC.CC.c1ccc2ccccc2c1.c1ccc2ccccc2c1.c1ccccc1. The molecule has 0 fully saturated rings. The van der Waals surface area contributed by atoms with Crippen LogP contribution < -0.4 is 0 Å². The van der Waals surface area contributed by atoms with Crippen LogP contribution in [0.15, 0.2) is 158 Å². The smallest absolute Gasteiger partial charge is 0.0163 e. The van der Waals surface area contributed by atoms with Gasteiger partial charge in [0.15, 0.2) is 0 Å². The molecule has 0 N–H and O–H groups in total. The van der Waals surface area contributed by atoms with Gasteiger partial charge in [-0.1, -0.05) is 352 Å². The number of fused-ring (bicyclic) bond motifs is 2. The highest BCUT2D eigenvalue weighted by Crippen LogP contribution is 2.12. The van der Waals surface area contributed by atoms with E-state index in [0.29, 0.717) is 0 Å². The first-order valence-electron chi connectivity index (χ1n) is 24.6. The molecule has 6 rings (SSSR count). The lowest BCUT2D eigenvalue weighted by Crippen LogP contribution is -1.67. The molecular weight excluding hydrogens is 709 g/mol. The average Bonchev–Trinajstić information content (AvgIpc) is 4.02. The third kappa shape index (κ3) is 79.1. The molecule has 348 valence electrons. The van der Waals surface area contributed by atoms with E-state index in [2.05, 4.69) is 121 Å². The zero-order chi connectivity index (χ0) is 49.4. The van der Waals surface area contributed by atoms with Crippen molar-refractivity contribution >= 4 is 21.5 Å². The molecule has 0 heteroatoms. The molecule has 0 nitrogen and oxygen atoms in total. The van der Waals surface area contributed by atoms with Crippen molar-refractivity contribution in [2.24, 2.45) is 0 Å². The predicted octanol–water partition coefficient (Wildman–Crippen LogP) is 23.2. The van der Waals surface area contributed by atoms with Gasteiger partial charge in [0.1, 0.15) is 0 Å². The molecule has 0 heterocycles. The predicted molar refractivity (Wildman–Crippen MR) is 296 cm³/mol. The third-order valence-corrected chi connectivity index (χ3v) is 4.64. The van der Waals surface area contributed by atoms with E-state index in [9.17, 15) is 0 Å². The maximum absolute atomic E-state index is 2.12. The summed E-state index contributed by atoms with van der Waals surface area (Å²) in [7, 11) is 0. The average molecular weight is 822 g/mol. The summed E-state index contributed by atoms with van der Waals surface area (Å²) in [6.45, 7) is 56.0. The highest BCUT2D eigenvalue weighted by atomic mass is 13.9. The number of rotatable bonds is 0. The van der Waals surface area contributed by atoms with Crippen LogP contribution in [0.3, 0.4) is 0 Å². The molecule has 0 spiro atoms. The van der Waals surface area contributed by atoms with Crippen LogP contribution in [0.2, 0.25) is 0 Å². The molecule has 0 atom stereocenters. The van der Waals surface area contributed by atoms with Crippen molar-refractivity contribution in [1.82, 2.24) is 0 Å². The normalized spacial score (nSPS) is 7.12. The standard InChI is InChI=1S/2C10H8.C6H6.C5H6.14C2H6/c2*1-2-6-10-8-4-3-7-9(10)5-1;1-2-4-6-5-3-1;1-2-4-5-3-1;14*1-2/h2*1-8H;1-6H;1-4H,5H2;14*1-2H3. The second-order valence-electron chi connectivity index (χ2n) is 6.94. The summed E-state index contributed by atoms with van der Waals surface area (Å²) in [4.78, 5) is 0. The monoisotopic (exact) mass is 821 g/mol. The first-order chi connectivity index (χ1) is 29.4. The second kappa shape index (κ2) is 124. The molecule has 0 aliphatic heterocycles. The number of allylic oxidation sites excluding steroid dienone is 4. The maximum atomic E-state index is 2.12. The molecule has 1 aliphatic rings. The van der Waals surface area contributed by atoms with Gasteiger partial charge in [0.2, 0.25) is 0 Å². The van der Waals surface area contributed by atoms with Gasteiger partial charge in [0.25, 0.3) is 0 Å². The van der Waals surface area contributed by atoms with Crippen molar-refractivity contribution in [1.29, 1.82) is 0 Å². The summed E-state index contributed by atoms with van der Waals surface area (Å²) in [5.41, 5.74) is 0. The summed E-state index contributed by atoms with van der Waals surface area (Å²) >= 11 is 0. The minimum Gasteiger partial charge on any atom is -0.0808 e. The van der Waals surface area contributed by atoms with E-state index < -0.39 is 0 Å².